The third-order valence-electron chi connectivity index (χ3n) is 3.33. The third-order valence-corrected chi connectivity index (χ3v) is 3.33. The summed E-state index contributed by atoms with van der Waals surface area (Å²) in [5.41, 5.74) is 3.71. The van der Waals surface area contributed by atoms with Crippen LogP contribution in [0.3, 0.4) is 0 Å². The lowest BCUT2D eigenvalue weighted by atomic mass is 9.92. The first kappa shape index (κ1) is 14.7. The van der Waals surface area contributed by atoms with Crippen molar-refractivity contribution in [3.63, 3.8) is 0 Å². The highest BCUT2D eigenvalue weighted by atomic mass is 16.3. The van der Waals surface area contributed by atoms with Crippen molar-refractivity contribution in [2.45, 2.75) is 13.8 Å². The second kappa shape index (κ2) is 6.18. The summed E-state index contributed by atoms with van der Waals surface area (Å²) in [7, 11) is 0. The summed E-state index contributed by atoms with van der Waals surface area (Å²) in [5.74, 6) is -0.0626. The van der Waals surface area contributed by atoms with Crippen molar-refractivity contribution in [2.75, 3.05) is 0 Å². The van der Waals surface area contributed by atoms with Crippen LogP contribution >= 0.6 is 0 Å². The van der Waals surface area contributed by atoms with E-state index in [1.165, 1.54) is 12.1 Å². The van der Waals surface area contributed by atoms with Crippen molar-refractivity contribution >= 4 is 11.1 Å². The number of hydrogen-bond donors (Lipinski definition) is 3. The molecule has 0 saturated heterocycles. The number of rotatable bonds is 3. The fraction of sp³-hybridized carbons (Fsp3) is 0.111. The van der Waals surface area contributed by atoms with Crippen molar-refractivity contribution < 1.29 is 15.3 Å². The van der Waals surface area contributed by atoms with Crippen LogP contribution < -0.4 is 0 Å². The number of phenols is 3. The molecule has 2 aromatic carbocycles. The van der Waals surface area contributed by atoms with Crippen LogP contribution in [-0.4, -0.2) is 15.3 Å². The molecule has 0 spiro atoms. The molecule has 2 aromatic rings. The summed E-state index contributed by atoms with van der Waals surface area (Å²) in [6, 6.07) is 11.7. The van der Waals surface area contributed by atoms with Crippen molar-refractivity contribution in [1.82, 2.24) is 0 Å². The first-order chi connectivity index (χ1) is 10.1. The monoisotopic (exact) mass is 282 g/mol. The molecule has 3 N–H and O–H groups in total. The van der Waals surface area contributed by atoms with Gasteiger partial charge >= 0.3 is 0 Å². The van der Waals surface area contributed by atoms with Gasteiger partial charge in [0.1, 0.15) is 5.75 Å². The Morgan fingerprint density at radius 1 is 0.714 bits per heavy atom. The molecule has 108 valence electrons. The Hall–Kier alpha value is -2.68. The minimum absolute atomic E-state index is 0.138. The molecule has 0 aliphatic carbocycles. The highest BCUT2D eigenvalue weighted by molar-refractivity contribution is 6.05. The molecule has 0 bridgehead atoms. The average Bonchev–Trinajstić information content (AvgIpc) is 2.49. The molecule has 0 heterocycles. The first-order valence-corrected chi connectivity index (χ1v) is 6.71. The molecule has 0 aliphatic heterocycles. The van der Waals surface area contributed by atoms with Gasteiger partial charge in [-0.25, -0.2) is 0 Å². The van der Waals surface area contributed by atoms with Crippen LogP contribution in [0.5, 0.6) is 17.2 Å². The molecule has 0 amide bonds. The molecule has 2 rings (SSSR count). The Kier molecular flexibility index (Phi) is 4.33. The number of phenolic OH excluding ortho intramolecular Hbond substituents is 3. The standard InChI is InChI=1S/C18H18O3/c1-3-15(12-5-8-14(19)9-6-12)16(4-2)13-7-10-17(20)18(21)11-13/h3-11,19-21H,1-2H3/b15-3+,16-4+. The minimum atomic E-state index is -0.145. The van der Waals surface area contributed by atoms with Gasteiger partial charge in [0, 0.05) is 0 Å². The lowest BCUT2D eigenvalue weighted by Gasteiger charge is -2.13. The molecule has 21 heavy (non-hydrogen) atoms. The van der Waals surface area contributed by atoms with E-state index in [9.17, 15) is 15.3 Å². The van der Waals surface area contributed by atoms with E-state index in [2.05, 4.69) is 0 Å². The molecule has 0 fully saturated rings. The number of aromatic hydroxyl groups is 3. The van der Waals surface area contributed by atoms with E-state index in [4.69, 9.17) is 0 Å². The van der Waals surface area contributed by atoms with Gasteiger partial charge in [-0.2, -0.15) is 0 Å². The van der Waals surface area contributed by atoms with Crippen LogP contribution in [0, 0.1) is 0 Å². The van der Waals surface area contributed by atoms with Crippen molar-refractivity contribution in [1.29, 1.82) is 0 Å². The maximum absolute atomic E-state index is 9.68. The van der Waals surface area contributed by atoms with Crippen LogP contribution in [0.2, 0.25) is 0 Å². The highest BCUT2D eigenvalue weighted by Crippen LogP contribution is 2.35. The quantitative estimate of drug-likeness (QED) is 0.580. The Morgan fingerprint density at radius 2 is 1.24 bits per heavy atom. The van der Waals surface area contributed by atoms with Crippen LogP contribution in [-0.2, 0) is 0 Å². The van der Waals surface area contributed by atoms with Gasteiger partial charge < -0.3 is 15.3 Å². The van der Waals surface area contributed by atoms with Gasteiger partial charge in [0.15, 0.2) is 11.5 Å². The number of benzene rings is 2. The second-order valence-electron chi connectivity index (χ2n) is 4.66. The van der Waals surface area contributed by atoms with Gasteiger partial charge in [-0.15, -0.1) is 0 Å². The molecule has 0 unspecified atom stereocenters. The zero-order valence-electron chi connectivity index (χ0n) is 12.0. The lowest BCUT2D eigenvalue weighted by Crippen LogP contribution is -1.90. The summed E-state index contributed by atoms with van der Waals surface area (Å²) < 4.78 is 0. The zero-order valence-corrected chi connectivity index (χ0v) is 12.0. The number of allylic oxidation sites excluding steroid dienone is 4. The predicted molar refractivity (Wildman–Crippen MR) is 85.2 cm³/mol. The normalized spacial score (nSPS) is 12.5. The molecular formula is C18H18O3. The fourth-order valence-corrected chi connectivity index (χ4v) is 2.29. The largest absolute Gasteiger partial charge is 0.508 e. The Balaban J connectivity index is 2.48. The minimum Gasteiger partial charge on any atom is -0.508 e. The van der Waals surface area contributed by atoms with E-state index < -0.39 is 0 Å². The Labute approximate surface area is 124 Å². The maximum Gasteiger partial charge on any atom is 0.158 e. The number of hydrogen-bond acceptors (Lipinski definition) is 3. The molecule has 0 radical (unpaired) electrons. The van der Waals surface area contributed by atoms with Crippen LogP contribution in [0.1, 0.15) is 25.0 Å². The molecule has 0 atom stereocenters. The van der Waals surface area contributed by atoms with Crippen LogP contribution in [0.25, 0.3) is 11.1 Å². The maximum atomic E-state index is 9.68. The van der Waals surface area contributed by atoms with E-state index in [1.807, 2.05) is 38.1 Å². The van der Waals surface area contributed by atoms with E-state index in [0.29, 0.717) is 0 Å². The third kappa shape index (κ3) is 3.08. The van der Waals surface area contributed by atoms with Gasteiger partial charge in [-0.05, 0) is 60.4 Å². The highest BCUT2D eigenvalue weighted by Gasteiger charge is 2.11. The topological polar surface area (TPSA) is 60.7 Å². The van der Waals surface area contributed by atoms with Gasteiger partial charge in [0.05, 0.1) is 0 Å². The van der Waals surface area contributed by atoms with Gasteiger partial charge in [0.25, 0.3) is 0 Å². The van der Waals surface area contributed by atoms with Crippen LogP contribution in [0.4, 0.5) is 0 Å². The van der Waals surface area contributed by atoms with Crippen molar-refractivity contribution in [2.24, 2.45) is 0 Å². The lowest BCUT2D eigenvalue weighted by molar-refractivity contribution is 0.403. The predicted octanol–water partition coefficient (Wildman–Crippen LogP) is 4.31. The van der Waals surface area contributed by atoms with E-state index in [1.54, 1.807) is 18.2 Å². The average molecular weight is 282 g/mol. The summed E-state index contributed by atoms with van der Waals surface area (Å²) in [4.78, 5) is 0. The smallest absolute Gasteiger partial charge is 0.158 e. The SMILES string of the molecule is C/C=C(/C(=C/C)c1ccc(O)c(O)c1)c1ccc(O)cc1. The molecule has 0 saturated carbocycles. The summed E-state index contributed by atoms with van der Waals surface area (Å²) in [6.07, 6.45) is 3.93. The van der Waals surface area contributed by atoms with Gasteiger partial charge in [-0.1, -0.05) is 30.4 Å². The van der Waals surface area contributed by atoms with E-state index in [0.717, 1.165) is 22.3 Å². The summed E-state index contributed by atoms with van der Waals surface area (Å²) >= 11 is 0. The van der Waals surface area contributed by atoms with E-state index >= 15 is 0 Å². The first-order valence-electron chi connectivity index (χ1n) is 6.71. The van der Waals surface area contributed by atoms with E-state index in [-0.39, 0.29) is 17.2 Å². The Morgan fingerprint density at radius 3 is 1.76 bits per heavy atom. The van der Waals surface area contributed by atoms with Crippen molar-refractivity contribution in [3.8, 4) is 17.2 Å². The second-order valence-corrected chi connectivity index (χ2v) is 4.66. The summed E-state index contributed by atoms with van der Waals surface area (Å²) in [5, 5.41) is 28.5. The van der Waals surface area contributed by atoms with Gasteiger partial charge in [0.2, 0.25) is 0 Å². The Bertz CT molecular complexity index is 695. The van der Waals surface area contributed by atoms with Crippen molar-refractivity contribution in [3.05, 3.63) is 65.7 Å². The van der Waals surface area contributed by atoms with Crippen LogP contribution in [0.15, 0.2) is 54.6 Å². The molecule has 0 aromatic heterocycles. The zero-order chi connectivity index (χ0) is 15.4. The molecular weight excluding hydrogens is 264 g/mol. The molecule has 3 nitrogen and oxygen atoms in total. The van der Waals surface area contributed by atoms with Gasteiger partial charge in [-0.3, -0.25) is 0 Å². The fourth-order valence-electron chi connectivity index (χ4n) is 2.29. The molecule has 0 aliphatic rings. The molecule has 3 heteroatoms. The summed E-state index contributed by atoms with van der Waals surface area (Å²) in [6.45, 7) is 3.86.